The van der Waals surface area contributed by atoms with Crippen LogP contribution in [0.2, 0.25) is 0 Å². The fraction of sp³-hybridized carbons (Fsp3) is 0.381. The predicted molar refractivity (Wildman–Crippen MR) is 100 cm³/mol. The van der Waals surface area contributed by atoms with Crippen molar-refractivity contribution >= 4 is 6.09 Å². The minimum atomic E-state index is -0.737. The van der Waals surface area contributed by atoms with E-state index in [0.29, 0.717) is 13.2 Å². The van der Waals surface area contributed by atoms with Crippen LogP contribution in [0.25, 0.3) is 11.1 Å². The smallest absolute Gasteiger partial charge is 0.405 e. The summed E-state index contributed by atoms with van der Waals surface area (Å²) in [5.41, 5.74) is 9.49. The van der Waals surface area contributed by atoms with E-state index in [1.54, 1.807) is 7.11 Å². The van der Waals surface area contributed by atoms with Gasteiger partial charge >= 0.3 is 6.09 Å². The summed E-state index contributed by atoms with van der Waals surface area (Å²) < 4.78 is 16.0. The number of benzene rings is 2. The van der Waals surface area contributed by atoms with Crippen molar-refractivity contribution in [2.75, 3.05) is 20.3 Å². The number of hydrogen-bond acceptors (Lipinski definition) is 4. The lowest BCUT2D eigenvalue weighted by Crippen LogP contribution is -2.25. The number of ether oxygens (including phenoxy) is 3. The third-order valence-electron chi connectivity index (χ3n) is 4.76. The first-order valence-corrected chi connectivity index (χ1v) is 8.72. The van der Waals surface area contributed by atoms with Crippen molar-refractivity contribution in [3.63, 3.8) is 0 Å². The Morgan fingerprint density at radius 2 is 1.81 bits per heavy atom. The third kappa shape index (κ3) is 3.83. The average Bonchev–Trinajstić information content (AvgIpc) is 2.85. The fourth-order valence-electron chi connectivity index (χ4n) is 3.51. The van der Waals surface area contributed by atoms with Crippen molar-refractivity contribution in [2.45, 2.75) is 26.4 Å². The van der Waals surface area contributed by atoms with E-state index in [9.17, 15) is 4.79 Å². The molecule has 0 bridgehead atoms. The first-order valence-electron chi connectivity index (χ1n) is 8.72. The predicted octanol–water partition coefficient (Wildman–Crippen LogP) is 4.10. The molecule has 0 radical (unpaired) electrons. The Morgan fingerprint density at radius 1 is 1.12 bits per heavy atom. The largest absolute Gasteiger partial charge is 0.491 e. The van der Waals surface area contributed by atoms with Gasteiger partial charge in [0.15, 0.2) is 0 Å². The van der Waals surface area contributed by atoms with E-state index in [0.717, 1.165) is 28.9 Å². The molecule has 2 aromatic carbocycles. The van der Waals surface area contributed by atoms with Crippen molar-refractivity contribution in [1.82, 2.24) is 0 Å². The van der Waals surface area contributed by atoms with Crippen molar-refractivity contribution in [3.8, 4) is 16.9 Å². The summed E-state index contributed by atoms with van der Waals surface area (Å²) >= 11 is 0. The van der Waals surface area contributed by atoms with Gasteiger partial charge in [0.2, 0.25) is 0 Å². The highest BCUT2D eigenvalue weighted by Gasteiger charge is 2.41. The summed E-state index contributed by atoms with van der Waals surface area (Å²) in [6.07, 6.45) is -0.210. The second kappa shape index (κ2) is 7.38. The minimum absolute atomic E-state index is 0.172. The lowest BCUT2D eigenvalue weighted by Gasteiger charge is -2.26. The van der Waals surface area contributed by atoms with Crippen molar-refractivity contribution < 1.29 is 19.0 Å². The molecule has 0 heterocycles. The average molecular weight is 355 g/mol. The van der Waals surface area contributed by atoms with E-state index in [1.807, 2.05) is 24.3 Å². The topological polar surface area (TPSA) is 70.8 Å². The highest BCUT2D eigenvalue weighted by Crippen LogP contribution is 2.48. The zero-order valence-corrected chi connectivity index (χ0v) is 15.5. The van der Waals surface area contributed by atoms with E-state index < -0.39 is 6.09 Å². The summed E-state index contributed by atoms with van der Waals surface area (Å²) in [6, 6.07) is 14.2. The maximum Gasteiger partial charge on any atom is 0.405 e. The van der Waals surface area contributed by atoms with Crippen LogP contribution in [0.4, 0.5) is 4.79 Å². The molecule has 1 aliphatic rings. The number of fused-ring (bicyclic) bond motifs is 1. The molecule has 0 spiro atoms. The van der Waals surface area contributed by atoms with Gasteiger partial charge in [-0.2, -0.15) is 0 Å². The van der Waals surface area contributed by atoms with Crippen LogP contribution in [0.5, 0.6) is 5.75 Å². The van der Waals surface area contributed by atoms with Crippen LogP contribution in [0.3, 0.4) is 0 Å². The van der Waals surface area contributed by atoms with Gasteiger partial charge < -0.3 is 19.9 Å². The molecule has 138 valence electrons. The van der Waals surface area contributed by atoms with Crippen LogP contribution in [0.1, 0.15) is 31.1 Å². The van der Waals surface area contributed by atoms with Crippen LogP contribution in [-0.2, 0) is 15.9 Å². The molecule has 1 unspecified atom stereocenters. The number of amides is 1. The fourth-order valence-corrected chi connectivity index (χ4v) is 3.51. The van der Waals surface area contributed by atoms with Gasteiger partial charge in [-0.15, -0.1) is 0 Å². The number of carbonyl (C=O) groups is 1. The molecule has 1 aliphatic carbocycles. The molecule has 26 heavy (non-hydrogen) atoms. The van der Waals surface area contributed by atoms with Crippen molar-refractivity contribution in [3.05, 3.63) is 53.6 Å². The molecular weight excluding hydrogens is 330 g/mol. The quantitative estimate of drug-likeness (QED) is 0.792. The second-order valence-electron chi connectivity index (χ2n) is 7.26. The molecule has 0 aromatic heterocycles. The van der Waals surface area contributed by atoms with E-state index in [1.165, 1.54) is 5.56 Å². The van der Waals surface area contributed by atoms with E-state index in [2.05, 4.69) is 32.0 Å². The number of carbonyl (C=O) groups excluding carboxylic acids is 1. The molecule has 0 saturated carbocycles. The Labute approximate surface area is 154 Å². The lowest BCUT2D eigenvalue weighted by molar-refractivity contribution is 0.0392. The number of hydrogen-bond donors (Lipinski definition) is 1. The second-order valence-corrected chi connectivity index (χ2v) is 7.26. The molecule has 0 fully saturated rings. The lowest BCUT2D eigenvalue weighted by atomic mass is 9.87. The molecule has 5 heteroatoms. The molecule has 0 aliphatic heterocycles. The van der Waals surface area contributed by atoms with Crippen LogP contribution in [0.15, 0.2) is 42.5 Å². The third-order valence-corrected chi connectivity index (χ3v) is 4.76. The van der Waals surface area contributed by atoms with Crippen molar-refractivity contribution in [2.24, 2.45) is 11.1 Å². The van der Waals surface area contributed by atoms with Gasteiger partial charge in [0.25, 0.3) is 0 Å². The SMILES string of the molecule is COCCOc1ccc(-c2ccc3c(c2)C(OC(N)=O)C(C)(C)C3)cc1. The van der Waals surface area contributed by atoms with Gasteiger partial charge in [0, 0.05) is 12.5 Å². The maximum atomic E-state index is 11.3. The number of nitrogens with two attached hydrogens (primary N) is 1. The van der Waals surface area contributed by atoms with Crippen LogP contribution < -0.4 is 10.5 Å². The molecule has 0 saturated heterocycles. The Hall–Kier alpha value is -2.53. The zero-order chi connectivity index (χ0) is 18.7. The van der Waals surface area contributed by atoms with Gasteiger partial charge in [-0.1, -0.05) is 38.1 Å². The normalized spacial score (nSPS) is 17.6. The molecule has 1 atom stereocenters. The van der Waals surface area contributed by atoms with E-state index in [4.69, 9.17) is 19.9 Å². The van der Waals surface area contributed by atoms with Gasteiger partial charge in [-0.05, 0) is 46.9 Å². The van der Waals surface area contributed by atoms with E-state index in [-0.39, 0.29) is 11.5 Å². The summed E-state index contributed by atoms with van der Waals surface area (Å²) in [6.45, 7) is 5.26. The van der Waals surface area contributed by atoms with Crippen LogP contribution in [0, 0.1) is 5.41 Å². The van der Waals surface area contributed by atoms with Crippen LogP contribution in [-0.4, -0.2) is 26.4 Å². The molecule has 2 aromatic rings. The monoisotopic (exact) mass is 355 g/mol. The Bertz CT molecular complexity index is 783. The Morgan fingerprint density at radius 3 is 2.46 bits per heavy atom. The standard InChI is InChI=1S/C21H25NO4/c1-21(2)13-16-5-4-15(12-18(16)19(21)26-20(22)23)14-6-8-17(9-7-14)25-11-10-24-3/h4-9,12,19H,10-11,13H2,1-3H3,(H2,22,23). The molecule has 5 nitrogen and oxygen atoms in total. The van der Waals surface area contributed by atoms with E-state index >= 15 is 0 Å². The highest BCUT2D eigenvalue weighted by atomic mass is 16.6. The summed E-state index contributed by atoms with van der Waals surface area (Å²) in [5.74, 6) is 0.808. The van der Waals surface area contributed by atoms with Gasteiger partial charge in [-0.25, -0.2) is 4.79 Å². The molecular formula is C21H25NO4. The minimum Gasteiger partial charge on any atom is -0.491 e. The van der Waals surface area contributed by atoms with Crippen molar-refractivity contribution in [1.29, 1.82) is 0 Å². The number of primary amides is 1. The first-order chi connectivity index (χ1) is 12.4. The zero-order valence-electron chi connectivity index (χ0n) is 15.5. The molecule has 1 amide bonds. The highest BCUT2D eigenvalue weighted by molar-refractivity contribution is 5.68. The number of methoxy groups -OCH3 is 1. The molecule has 3 rings (SSSR count). The van der Waals surface area contributed by atoms with Gasteiger partial charge in [-0.3, -0.25) is 0 Å². The van der Waals surface area contributed by atoms with Gasteiger partial charge in [0.05, 0.1) is 6.61 Å². The summed E-state index contributed by atoms with van der Waals surface area (Å²) in [7, 11) is 1.65. The summed E-state index contributed by atoms with van der Waals surface area (Å²) in [5, 5.41) is 0. The van der Waals surface area contributed by atoms with Crippen LogP contribution >= 0.6 is 0 Å². The molecule has 2 N–H and O–H groups in total. The maximum absolute atomic E-state index is 11.3. The first kappa shape index (κ1) is 18.3. The summed E-state index contributed by atoms with van der Waals surface area (Å²) in [4.78, 5) is 11.3. The number of rotatable bonds is 6. The Balaban J connectivity index is 1.84. The van der Waals surface area contributed by atoms with Gasteiger partial charge in [0.1, 0.15) is 18.5 Å². The Kier molecular flexibility index (Phi) is 5.18.